The van der Waals surface area contributed by atoms with Gasteiger partial charge in [0.05, 0.1) is 6.10 Å². The Morgan fingerprint density at radius 1 is 1.41 bits per heavy atom. The molecule has 1 atom stereocenters. The lowest BCUT2D eigenvalue weighted by Crippen LogP contribution is -2.17. The molecule has 1 rings (SSSR count). The number of aromatic carboxylic acids is 1. The highest BCUT2D eigenvalue weighted by Gasteiger charge is 2.18. The van der Waals surface area contributed by atoms with Crippen molar-refractivity contribution < 1.29 is 19.0 Å². The number of benzene rings is 1. The molecule has 0 aliphatic carbocycles. The number of hydrogen-bond donors (Lipinski definition) is 1. The number of carbonyl (C=O) groups is 1. The first-order chi connectivity index (χ1) is 7.91. The summed E-state index contributed by atoms with van der Waals surface area (Å²) in [6, 6.07) is 4.03. The topological polar surface area (TPSA) is 46.5 Å². The van der Waals surface area contributed by atoms with Crippen molar-refractivity contribution in [2.75, 3.05) is 0 Å². The maximum Gasteiger partial charge on any atom is 0.342 e. The monoisotopic (exact) mass is 240 g/mol. The van der Waals surface area contributed by atoms with Crippen molar-refractivity contribution in [3.05, 3.63) is 29.6 Å². The van der Waals surface area contributed by atoms with Crippen LogP contribution in [0.25, 0.3) is 0 Å². The van der Waals surface area contributed by atoms with Gasteiger partial charge in [-0.25, -0.2) is 9.18 Å². The van der Waals surface area contributed by atoms with Crippen LogP contribution in [0.15, 0.2) is 18.2 Å². The molecule has 4 heteroatoms. The lowest BCUT2D eigenvalue weighted by Gasteiger charge is -2.18. The van der Waals surface area contributed by atoms with Gasteiger partial charge in [0.1, 0.15) is 17.1 Å². The van der Waals surface area contributed by atoms with Gasteiger partial charge in [-0.15, -0.1) is 0 Å². The molecule has 0 radical (unpaired) electrons. The normalized spacial score (nSPS) is 12.5. The summed E-state index contributed by atoms with van der Waals surface area (Å²) in [6.45, 7) is 5.93. The van der Waals surface area contributed by atoms with Gasteiger partial charge < -0.3 is 9.84 Å². The van der Waals surface area contributed by atoms with Crippen LogP contribution in [-0.4, -0.2) is 17.2 Å². The van der Waals surface area contributed by atoms with E-state index in [9.17, 15) is 9.18 Å². The lowest BCUT2D eigenvalue weighted by molar-refractivity contribution is 0.0683. The molecule has 0 spiro atoms. The molecule has 0 amide bonds. The number of hydrogen-bond acceptors (Lipinski definition) is 2. The number of carboxylic acid groups (broad SMARTS) is 1. The Morgan fingerprint density at radius 2 is 2.06 bits per heavy atom. The second kappa shape index (κ2) is 5.66. The third-order valence-electron chi connectivity index (χ3n) is 2.32. The second-order valence-corrected chi connectivity index (χ2v) is 4.48. The summed E-state index contributed by atoms with van der Waals surface area (Å²) in [5, 5.41) is 8.92. The number of ether oxygens (including phenoxy) is 1. The Balaban J connectivity index is 2.91. The quantitative estimate of drug-likeness (QED) is 0.858. The van der Waals surface area contributed by atoms with Gasteiger partial charge in [-0.1, -0.05) is 19.9 Å². The van der Waals surface area contributed by atoms with Gasteiger partial charge in [0.2, 0.25) is 0 Å². The number of halogens is 1. The van der Waals surface area contributed by atoms with Crippen molar-refractivity contribution in [3.63, 3.8) is 0 Å². The fourth-order valence-electron chi connectivity index (χ4n) is 1.74. The van der Waals surface area contributed by atoms with E-state index >= 15 is 0 Å². The Kier molecular flexibility index (Phi) is 4.49. The summed E-state index contributed by atoms with van der Waals surface area (Å²) < 4.78 is 18.8. The standard InChI is InChI=1S/C13H17FO3/c1-8(2)7-9(3)17-11-6-4-5-10(14)12(11)13(15)16/h4-6,8-9H,7H2,1-3H3,(H,15,16). The summed E-state index contributed by atoms with van der Waals surface area (Å²) in [4.78, 5) is 10.9. The molecule has 94 valence electrons. The first kappa shape index (κ1) is 13.5. The van der Waals surface area contributed by atoms with E-state index in [0.29, 0.717) is 5.92 Å². The molecule has 0 aliphatic rings. The molecule has 0 aromatic heterocycles. The first-order valence-electron chi connectivity index (χ1n) is 5.60. The molecule has 0 saturated carbocycles. The van der Waals surface area contributed by atoms with Crippen LogP contribution in [0.1, 0.15) is 37.6 Å². The summed E-state index contributed by atoms with van der Waals surface area (Å²) in [5.41, 5.74) is -0.400. The molecule has 1 aromatic carbocycles. The minimum Gasteiger partial charge on any atom is -0.490 e. The van der Waals surface area contributed by atoms with E-state index in [2.05, 4.69) is 0 Å². The van der Waals surface area contributed by atoms with Crippen molar-refractivity contribution in [2.24, 2.45) is 5.92 Å². The third kappa shape index (κ3) is 3.73. The van der Waals surface area contributed by atoms with Crippen LogP contribution in [0, 0.1) is 11.7 Å². The minimum atomic E-state index is -1.31. The minimum absolute atomic E-state index is 0.0886. The average molecular weight is 240 g/mol. The van der Waals surface area contributed by atoms with Crippen molar-refractivity contribution >= 4 is 5.97 Å². The highest BCUT2D eigenvalue weighted by molar-refractivity contribution is 5.91. The van der Waals surface area contributed by atoms with Crippen LogP contribution in [0.5, 0.6) is 5.75 Å². The van der Waals surface area contributed by atoms with Crippen molar-refractivity contribution in [1.29, 1.82) is 0 Å². The average Bonchev–Trinajstić information content (AvgIpc) is 2.15. The zero-order valence-electron chi connectivity index (χ0n) is 10.2. The lowest BCUT2D eigenvalue weighted by atomic mass is 10.1. The Bertz CT molecular complexity index is 402. The predicted octanol–water partition coefficient (Wildman–Crippen LogP) is 3.34. The van der Waals surface area contributed by atoms with E-state index in [4.69, 9.17) is 9.84 Å². The van der Waals surface area contributed by atoms with Crippen LogP contribution < -0.4 is 4.74 Å². The van der Waals surface area contributed by atoms with Gasteiger partial charge >= 0.3 is 5.97 Å². The SMILES string of the molecule is CC(C)CC(C)Oc1cccc(F)c1C(=O)O. The summed E-state index contributed by atoms with van der Waals surface area (Å²) >= 11 is 0. The van der Waals surface area contributed by atoms with Crippen LogP contribution in [0.2, 0.25) is 0 Å². The van der Waals surface area contributed by atoms with Crippen LogP contribution in [-0.2, 0) is 0 Å². The van der Waals surface area contributed by atoms with Gasteiger partial charge in [-0.05, 0) is 31.4 Å². The van der Waals surface area contributed by atoms with Crippen molar-refractivity contribution in [1.82, 2.24) is 0 Å². The van der Waals surface area contributed by atoms with Gasteiger partial charge in [0.15, 0.2) is 0 Å². The van der Waals surface area contributed by atoms with E-state index in [1.165, 1.54) is 12.1 Å². The summed E-state index contributed by atoms with van der Waals surface area (Å²) in [7, 11) is 0. The van der Waals surface area contributed by atoms with E-state index in [1.807, 2.05) is 20.8 Å². The van der Waals surface area contributed by atoms with Crippen LogP contribution >= 0.6 is 0 Å². The fourth-order valence-corrected chi connectivity index (χ4v) is 1.74. The molecular weight excluding hydrogens is 223 g/mol. The Labute approximate surface area is 100 Å². The Hall–Kier alpha value is -1.58. The molecule has 1 N–H and O–H groups in total. The molecule has 0 saturated heterocycles. The van der Waals surface area contributed by atoms with Gasteiger partial charge in [0.25, 0.3) is 0 Å². The second-order valence-electron chi connectivity index (χ2n) is 4.48. The molecule has 3 nitrogen and oxygen atoms in total. The molecular formula is C13H17FO3. The Morgan fingerprint density at radius 3 is 2.59 bits per heavy atom. The fraction of sp³-hybridized carbons (Fsp3) is 0.462. The molecule has 0 heterocycles. The van der Waals surface area contributed by atoms with E-state index < -0.39 is 17.3 Å². The summed E-state index contributed by atoms with van der Waals surface area (Å²) in [6.07, 6.45) is 0.644. The maximum atomic E-state index is 13.4. The summed E-state index contributed by atoms with van der Waals surface area (Å²) in [5.74, 6) is -1.56. The molecule has 17 heavy (non-hydrogen) atoms. The molecule has 0 bridgehead atoms. The zero-order valence-corrected chi connectivity index (χ0v) is 10.2. The number of rotatable bonds is 5. The molecule has 0 aliphatic heterocycles. The van der Waals surface area contributed by atoms with Crippen molar-refractivity contribution in [2.45, 2.75) is 33.3 Å². The smallest absolute Gasteiger partial charge is 0.342 e. The molecule has 1 unspecified atom stereocenters. The molecule has 1 aromatic rings. The molecule has 0 fully saturated rings. The maximum absolute atomic E-state index is 13.4. The predicted molar refractivity (Wildman–Crippen MR) is 62.9 cm³/mol. The highest BCUT2D eigenvalue weighted by Crippen LogP contribution is 2.23. The van der Waals surface area contributed by atoms with E-state index in [-0.39, 0.29) is 11.9 Å². The van der Waals surface area contributed by atoms with Gasteiger partial charge in [-0.2, -0.15) is 0 Å². The van der Waals surface area contributed by atoms with E-state index in [0.717, 1.165) is 12.5 Å². The van der Waals surface area contributed by atoms with Crippen molar-refractivity contribution in [3.8, 4) is 5.75 Å². The van der Waals surface area contributed by atoms with Crippen LogP contribution in [0.3, 0.4) is 0 Å². The largest absolute Gasteiger partial charge is 0.490 e. The van der Waals surface area contributed by atoms with Gasteiger partial charge in [0, 0.05) is 0 Å². The van der Waals surface area contributed by atoms with Gasteiger partial charge in [-0.3, -0.25) is 0 Å². The first-order valence-corrected chi connectivity index (χ1v) is 5.60. The third-order valence-corrected chi connectivity index (χ3v) is 2.32. The van der Waals surface area contributed by atoms with Crippen LogP contribution in [0.4, 0.5) is 4.39 Å². The zero-order chi connectivity index (χ0) is 13.0. The van der Waals surface area contributed by atoms with E-state index in [1.54, 1.807) is 0 Å². The number of carboxylic acids is 1. The highest BCUT2D eigenvalue weighted by atomic mass is 19.1.